The quantitative estimate of drug-likeness (QED) is 0.609. The summed E-state index contributed by atoms with van der Waals surface area (Å²) in [5.74, 6) is 0.792. The maximum Gasteiger partial charge on any atom is 0.261 e. The highest BCUT2D eigenvalue weighted by Crippen LogP contribution is 2.42. The van der Waals surface area contributed by atoms with Gasteiger partial charge in [-0.05, 0) is 42.8 Å². The molecule has 0 bridgehead atoms. The molecule has 0 spiro atoms. The Hall–Kier alpha value is -3.19. The normalized spacial score (nSPS) is 18.6. The Kier molecular flexibility index (Phi) is 4.98. The van der Waals surface area contributed by atoms with Crippen molar-refractivity contribution in [2.75, 3.05) is 6.54 Å². The summed E-state index contributed by atoms with van der Waals surface area (Å²) >= 11 is 1.32. The molecule has 31 heavy (non-hydrogen) atoms. The van der Waals surface area contributed by atoms with Crippen molar-refractivity contribution in [2.45, 2.75) is 32.0 Å². The number of ether oxygens (including phenoxy) is 2. The van der Waals surface area contributed by atoms with Gasteiger partial charge in [-0.1, -0.05) is 18.2 Å². The van der Waals surface area contributed by atoms with Crippen LogP contribution < -0.4 is 14.8 Å². The molecule has 2 aromatic carbocycles. The molecule has 0 aliphatic carbocycles. The van der Waals surface area contributed by atoms with Crippen molar-refractivity contribution >= 4 is 23.0 Å². The minimum atomic E-state index is -0.551. The Balaban J connectivity index is 1.26. The first-order valence-electron chi connectivity index (χ1n) is 10.1. The molecule has 5 rings (SSSR count). The number of benzene rings is 2. The third-order valence-electron chi connectivity index (χ3n) is 5.52. The van der Waals surface area contributed by atoms with Crippen LogP contribution in [0.5, 0.6) is 11.5 Å². The van der Waals surface area contributed by atoms with Gasteiger partial charge in [-0.25, -0.2) is 4.39 Å². The highest BCUT2D eigenvalue weighted by Gasteiger charge is 2.31. The Morgan fingerprint density at radius 3 is 2.71 bits per heavy atom. The summed E-state index contributed by atoms with van der Waals surface area (Å²) in [6, 6.07) is 14.1. The number of hydrogen-bond acceptors (Lipinski definition) is 5. The van der Waals surface area contributed by atoms with E-state index in [0.717, 1.165) is 21.8 Å². The summed E-state index contributed by atoms with van der Waals surface area (Å²) < 4.78 is 26.1. The molecule has 0 radical (unpaired) electrons. The fourth-order valence-electron chi connectivity index (χ4n) is 4.02. The first-order chi connectivity index (χ1) is 15.0. The Morgan fingerprint density at radius 2 is 1.94 bits per heavy atom. The highest BCUT2D eigenvalue weighted by molar-refractivity contribution is 7.17. The minimum Gasteiger partial charge on any atom is -0.487 e. The van der Waals surface area contributed by atoms with Gasteiger partial charge in [0.15, 0.2) is 11.9 Å². The number of amides is 1. The van der Waals surface area contributed by atoms with Crippen LogP contribution in [0.3, 0.4) is 0 Å². The van der Waals surface area contributed by atoms with Crippen molar-refractivity contribution in [3.8, 4) is 21.9 Å². The van der Waals surface area contributed by atoms with E-state index in [1.54, 1.807) is 6.07 Å². The van der Waals surface area contributed by atoms with E-state index in [1.165, 1.54) is 30.4 Å². The van der Waals surface area contributed by atoms with E-state index in [1.807, 2.05) is 30.3 Å². The molecule has 7 heteroatoms. The minimum absolute atomic E-state index is 0.0258. The number of nitrogens with one attached hydrogen (secondary N) is 1. The van der Waals surface area contributed by atoms with Crippen molar-refractivity contribution in [1.29, 1.82) is 0 Å². The van der Waals surface area contributed by atoms with Crippen LogP contribution in [-0.4, -0.2) is 30.4 Å². The molecule has 2 aliphatic heterocycles. The van der Waals surface area contributed by atoms with Gasteiger partial charge in [0.05, 0.1) is 11.4 Å². The van der Waals surface area contributed by atoms with E-state index in [9.17, 15) is 14.0 Å². The molecular weight excluding hydrogens is 417 g/mol. The van der Waals surface area contributed by atoms with Crippen LogP contribution in [0.4, 0.5) is 4.39 Å². The Labute approximate surface area is 182 Å². The summed E-state index contributed by atoms with van der Waals surface area (Å²) in [5, 5.41) is 2.90. The molecule has 0 fully saturated rings. The zero-order chi connectivity index (χ0) is 21.5. The lowest BCUT2D eigenvalue weighted by Crippen LogP contribution is -2.42. The van der Waals surface area contributed by atoms with Gasteiger partial charge in [-0.3, -0.25) is 9.59 Å². The Morgan fingerprint density at radius 1 is 1.10 bits per heavy atom. The Bertz CT molecular complexity index is 1160. The molecule has 2 aliphatic rings. The predicted octanol–water partition coefficient (Wildman–Crippen LogP) is 4.18. The second kappa shape index (κ2) is 7.81. The van der Waals surface area contributed by atoms with Crippen LogP contribution in [0.15, 0.2) is 48.5 Å². The van der Waals surface area contributed by atoms with E-state index in [4.69, 9.17) is 9.47 Å². The topological polar surface area (TPSA) is 64.6 Å². The van der Waals surface area contributed by atoms with E-state index in [-0.39, 0.29) is 23.6 Å². The summed E-state index contributed by atoms with van der Waals surface area (Å²) in [6.45, 7) is 1.81. The SMILES string of the molecule is CC(=O)c1ccc(-c2cc(F)cc3c2O[C@@H](CNC(=O)[C@@H]2Cc4ccccc4O2)C3)s1. The standard InChI is InChI=1S/C24H20FNO4S/c1-13(27)21-6-7-22(31-21)18-11-16(25)8-15-9-17(29-23(15)18)12-26-24(28)20-10-14-4-2-3-5-19(14)30-20/h2-8,11,17,20H,9-10,12H2,1H3,(H,26,28)/t17-,20+/m1/s1. The molecule has 5 nitrogen and oxygen atoms in total. The molecular formula is C24H20FNO4S. The maximum absolute atomic E-state index is 14.2. The van der Waals surface area contributed by atoms with Gasteiger partial charge in [0.25, 0.3) is 5.91 Å². The number of hydrogen-bond donors (Lipinski definition) is 1. The van der Waals surface area contributed by atoms with Crippen molar-refractivity contribution in [2.24, 2.45) is 0 Å². The van der Waals surface area contributed by atoms with Gasteiger partial charge in [-0.2, -0.15) is 0 Å². The van der Waals surface area contributed by atoms with Crippen molar-refractivity contribution in [3.05, 3.63) is 70.4 Å². The average molecular weight is 437 g/mol. The highest BCUT2D eigenvalue weighted by atomic mass is 32.1. The molecule has 158 valence electrons. The van der Waals surface area contributed by atoms with Gasteiger partial charge >= 0.3 is 0 Å². The van der Waals surface area contributed by atoms with Gasteiger partial charge in [0, 0.05) is 28.8 Å². The second-order valence-corrected chi connectivity index (χ2v) is 8.85. The number of carbonyl (C=O) groups excluding carboxylic acids is 2. The van der Waals surface area contributed by atoms with Crippen LogP contribution in [0.25, 0.3) is 10.4 Å². The first-order valence-corrected chi connectivity index (χ1v) is 10.9. The predicted molar refractivity (Wildman–Crippen MR) is 115 cm³/mol. The molecule has 3 heterocycles. The largest absolute Gasteiger partial charge is 0.487 e. The summed E-state index contributed by atoms with van der Waals surface area (Å²) in [4.78, 5) is 25.6. The van der Waals surface area contributed by atoms with Crippen LogP contribution in [0.2, 0.25) is 0 Å². The summed E-state index contributed by atoms with van der Waals surface area (Å²) in [7, 11) is 0. The van der Waals surface area contributed by atoms with Crippen molar-refractivity contribution < 1.29 is 23.5 Å². The fraction of sp³-hybridized carbons (Fsp3) is 0.250. The number of para-hydroxylation sites is 1. The zero-order valence-electron chi connectivity index (χ0n) is 16.8. The number of halogens is 1. The lowest BCUT2D eigenvalue weighted by Gasteiger charge is -2.15. The van der Waals surface area contributed by atoms with Crippen LogP contribution in [-0.2, 0) is 17.6 Å². The first kappa shape index (κ1) is 19.8. The number of thiophene rings is 1. The monoisotopic (exact) mass is 437 g/mol. The van der Waals surface area contributed by atoms with Crippen molar-refractivity contribution in [3.63, 3.8) is 0 Å². The van der Waals surface area contributed by atoms with Crippen LogP contribution in [0, 0.1) is 5.82 Å². The van der Waals surface area contributed by atoms with Crippen LogP contribution >= 0.6 is 11.3 Å². The van der Waals surface area contributed by atoms with Gasteiger partial charge < -0.3 is 14.8 Å². The molecule has 3 aromatic rings. The van der Waals surface area contributed by atoms with Crippen LogP contribution in [0.1, 0.15) is 27.7 Å². The molecule has 1 amide bonds. The molecule has 0 unspecified atom stereocenters. The molecule has 1 N–H and O–H groups in total. The lowest BCUT2D eigenvalue weighted by molar-refractivity contribution is -0.127. The fourth-order valence-corrected chi connectivity index (χ4v) is 4.93. The van der Waals surface area contributed by atoms with Gasteiger partial charge in [0.2, 0.25) is 0 Å². The third kappa shape index (κ3) is 3.81. The smallest absolute Gasteiger partial charge is 0.261 e. The molecule has 1 aromatic heterocycles. The molecule has 0 saturated heterocycles. The maximum atomic E-state index is 14.2. The number of Topliss-reactive ketones (excluding diaryl/α,β-unsaturated/α-hetero) is 1. The van der Waals surface area contributed by atoms with Gasteiger partial charge in [0.1, 0.15) is 23.4 Å². The molecule has 0 saturated carbocycles. The van der Waals surface area contributed by atoms with E-state index >= 15 is 0 Å². The zero-order valence-corrected chi connectivity index (χ0v) is 17.6. The summed E-state index contributed by atoms with van der Waals surface area (Å²) in [5.41, 5.74) is 2.42. The van der Waals surface area contributed by atoms with E-state index < -0.39 is 6.10 Å². The summed E-state index contributed by atoms with van der Waals surface area (Å²) in [6.07, 6.45) is 0.192. The van der Waals surface area contributed by atoms with Gasteiger partial charge in [-0.15, -0.1) is 11.3 Å². The van der Waals surface area contributed by atoms with Crippen molar-refractivity contribution in [1.82, 2.24) is 5.32 Å². The second-order valence-electron chi connectivity index (χ2n) is 7.77. The number of carbonyl (C=O) groups is 2. The molecule has 2 atom stereocenters. The third-order valence-corrected chi connectivity index (χ3v) is 6.74. The van der Waals surface area contributed by atoms with E-state index in [2.05, 4.69) is 5.32 Å². The average Bonchev–Trinajstić information content (AvgIpc) is 3.48. The number of rotatable bonds is 5. The number of fused-ring (bicyclic) bond motifs is 2. The number of ketones is 1. The van der Waals surface area contributed by atoms with E-state index in [0.29, 0.717) is 35.6 Å². The lowest BCUT2D eigenvalue weighted by atomic mass is 10.0.